The number of carbonyl (C=O) groups is 1. The van der Waals surface area contributed by atoms with Crippen LogP contribution >= 0.6 is 0 Å². The zero-order chi connectivity index (χ0) is 12.4. The zero-order valence-electron chi connectivity index (χ0n) is 8.48. The molecule has 0 fully saturated rings. The number of aromatic amines is 1. The Labute approximate surface area is 94.6 Å². The van der Waals surface area contributed by atoms with Crippen LogP contribution in [0.25, 0.3) is 11.1 Å². The fraction of sp³-hybridized carbons (Fsp3) is 0. The average Bonchev–Trinajstić information content (AvgIpc) is 2.31. The van der Waals surface area contributed by atoms with E-state index in [4.69, 9.17) is 5.11 Å². The summed E-state index contributed by atoms with van der Waals surface area (Å²) in [7, 11) is 0. The third kappa shape index (κ3) is 2.20. The third-order valence-corrected chi connectivity index (χ3v) is 2.20. The summed E-state index contributed by atoms with van der Waals surface area (Å²) in [5, 5.41) is 8.80. The lowest BCUT2D eigenvalue weighted by Crippen LogP contribution is -2.08. The molecule has 0 bridgehead atoms. The fourth-order valence-corrected chi connectivity index (χ4v) is 1.37. The molecule has 2 N–H and O–H groups in total. The Morgan fingerprint density at radius 1 is 1.41 bits per heavy atom. The van der Waals surface area contributed by atoms with Gasteiger partial charge in [-0.05, 0) is 18.2 Å². The molecule has 0 saturated carbocycles. The van der Waals surface area contributed by atoms with Crippen LogP contribution in [0.4, 0.5) is 4.39 Å². The Morgan fingerprint density at radius 3 is 2.76 bits per heavy atom. The third-order valence-electron chi connectivity index (χ3n) is 2.20. The maximum absolute atomic E-state index is 13.5. The lowest BCUT2D eigenvalue weighted by Gasteiger charge is -2.03. The van der Waals surface area contributed by atoms with Gasteiger partial charge in [0.05, 0.1) is 5.56 Å². The van der Waals surface area contributed by atoms with Gasteiger partial charge in [0, 0.05) is 23.5 Å². The monoisotopic (exact) mass is 234 g/mol. The number of H-pyrrole nitrogens is 1. The van der Waals surface area contributed by atoms with Crippen LogP contribution in [0, 0.1) is 5.82 Å². The second kappa shape index (κ2) is 4.17. The van der Waals surface area contributed by atoms with Gasteiger partial charge in [0.15, 0.2) is 0 Å². The zero-order valence-corrected chi connectivity index (χ0v) is 8.48. The molecule has 0 amide bonds. The smallest absolute Gasteiger partial charge is 0.344 e. The standard InChI is InChI=1S/C11H7FN2O3/c12-9-2-1-6(10(15)16)3-8(9)7-4-13-11(17)14-5-7/h1-5H,(H,15,16)(H,13,14,17). The second-order valence-electron chi connectivity index (χ2n) is 3.31. The van der Waals surface area contributed by atoms with Crippen LogP contribution in [0.5, 0.6) is 0 Å². The van der Waals surface area contributed by atoms with Gasteiger partial charge >= 0.3 is 11.7 Å². The molecule has 17 heavy (non-hydrogen) atoms. The normalized spacial score (nSPS) is 10.2. The van der Waals surface area contributed by atoms with E-state index in [9.17, 15) is 14.0 Å². The van der Waals surface area contributed by atoms with E-state index in [-0.39, 0.29) is 11.1 Å². The molecule has 0 aliphatic rings. The van der Waals surface area contributed by atoms with E-state index in [2.05, 4.69) is 9.97 Å². The number of halogens is 1. The Kier molecular flexibility index (Phi) is 2.70. The number of aromatic nitrogens is 2. The summed E-state index contributed by atoms with van der Waals surface area (Å²) in [4.78, 5) is 27.3. The number of carboxylic acids is 1. The molecule has 0 aliphatic carbocycles. The highest BCUT2D eigenvalue weighted by Crippen LogP contribution is 2.22. The number of hydrogen-bond donors (Lipinski definition) is 2. The number of aromatic carboxylic acids is 1. The number of hydrogen-bond acceptors (Lipinski definition) is 3. The molecule has 1 aromatic heterocycles. The van der Waals surface area contributed by atoms with Crippen molar-refractivity contribution in [1.82, 2.24) is 9.97 Å². The minimum Gasteiger partial charge on any atom is -0.478 e. The summed E-state index contributed by atoms with van der Waals surface area (Å²) in [5.74, 6) is -1.73. The van der Waals surface area contributed by atoms with Crippen molar-refractivity contribution in [3.8, 4) is 11.1 Å². The van der Waals surface area contributed by atoms with Crippen molar-refractivity contribution in [2.75, 3.05) is 0 Å². The number of carboxylic acid groups (broad SMARTS) is 1. The van der Waals surface area contributed by atoms with Gasteiger partial charge in [-0.1, -0.05) is 0 Å². The molecule has 0 saturated heterocycles. The van der Waals surface area contributed by atoms with E-state index in [0.717, 1.165) is 6.07 Å². The molecular weight excluding hydrogens is 227 g/mol. The number of nitrogens with zero attached hydrogens (tertiary/aromatic N) is 1. The highest BCUT2D eigenvalue weighted by molar-refractivity contribution is 5.89. The summed E-state index contributed by atoms with van der Waals surface area (Å²) in [6.07, 6.45) is 2.46. The Morgan fingerprint density at radius 2 is 2.18 bits per heavy atom. The van der Waals surface area contributed by atoms with Gasteiger partial charge in [0.25, 0.3) is 0 Å². The van der Waals surface area contributed by atoms with Crippen molar-refractivity contribution < 1.29 is 14.3 Å². The van der Waals surface area contributed by atoms with Crippen molar-refractivity contribution in [1.29, 1.82) is 0 Å². The number of nitrogens with one attached hydrogen (secondary N) is 1. The molecule has 0 radical (unpaired) electrons. The molecule has 0 aliphatic heterocycles. The van der Waals surface area contributed by atoms with Crippen LogP contribution in [-0.2, 0) is 0 Å². The molecule has 0 unspecified atom stereocenters. The molecule has 0 spiro atoms. The first kappa shape index (κ1) is 11.0. The van der Waals surface area contributed by atoms with Gasteiger partial charge in [-0.3, -0.25) is 0 Å². The summed E-state index contributed by atoms with van der Waals surface area (Å²) >= 11 is 0. The predicted octanol–water partition coefficient (Wildman–Crippen LogP) is 1.27. The lowest BCUT2D eigenvalue weighted by atomic mass is 10.1. The van der Waals surface area contributed by atoms with Crippen LogP contribution in [0.15, 0.2) is 35.4 Å². The minimum atomic E-state index is -1.15. The van der Waals surface area contributed by atoms with Gasteiger partial charge in [-0.25, -0.2) is 19.0 Å². The van der Waals surface area contributed by atoms with Crippen LogP contribution in [0.1, 0.15) is 10.4 Å². The van der Waals surface area contributed by atoms with Crippen molar-refractivity contribution in [2.45, 2.75) is 0 Å². The quantitative estimate of drug-likeness (QED) is 0.819. The Bertz CT molecular complexity index is 616. The first-order chi connectivity index (χ1) is 8.08. The highest BCUT2D eigenvalue weighted by atomic mass is 19.1. The van der Waals surface area contributed by atoms with Crippen LogP contribution < -0.4 is 5.69 Å². The summed E-state index contributed by atoms with van der Waals surface area (Å²) in [6, 6.07) is 3.41. The summed E-state index contributed by atoms with van der Waals surface area (Å²) < 4.78 is 13.5. The molecule has 1 heterocycles. The maximum Gasteiger partial charge on any atom is 0.344 e. The molecule has 2 aromatic rings. The molecular formula is C11H7FN2O3. The van der Waals surface area contributed by atoms with Gasteiger partial charge in [0.2, 0.25) is 0 Å². The summed E-state index contributed by atoms with van der Waals surface area (Å²) in [6.45, 7) is 0. The Balaban J connectivity index is 2.57. The van der Waals surface area contributed by atoms with E-state index >= 15 is 0 Å². The van der Waals surface area contributed by atoms with E-state index in [1.54, 1.807) is 0 Å². The molecule has 1 aromatic carbocycles. The molecule has 0 atom stereocenters. The largest absolute Gasteiger partial charge is 0.478 e. The van der Waals surface area contributed by atoms with Crippen molar-refractivity contribution in [3.05, 3.63) is 52.5 Å². The van der Waals surface area contributed by atoms with E-state index < -0.39 is 17.5 Å². The fourth-order valence-electron chi connectivity index (χ4n) is 1.37. The van der Waals surface area contributed by atoms with Crippen LogP contribution in [0.2, 0.25) is 0 Å². The van der Waals surface area contributed by atoms with E-state index in [1.165, 1.54) is 24.5 Å². The first-order valence-corrected chi connectivity index (χ1v) is 4.66. The SMILES string of the molecule is O=C(O)c1ccc(F)c(-c2cnc(=O)[nH]c2)c1. The van der Waals surface area contributed by atoms with Gasteiger partial charge in [-0.2, -0.15) is 0 Å². The van der Waals surface area contributed by atoms with Gasteiger partial charge in [-0.15, -0.1) is 0 Å². The first-order valence-electron chi connectivity index (χ1n) is 4.66. The molecule has 6 heteroatoms. The molecule has 2 rings (SSSR count). The van der Waals surface area contributed by atoms with E-state index in [1.807, 2.05) is 0 Å². The Hall–Kier alpha value is -2.50. The lowest BCUT2D eigenvalue weighted by molar-refractivity contribution is 0.0697. The number of benzene rings is 1. The minimum absolute atomic E-state index is 0.0346. The highest BCUT2D eigenvalue weighted by Gasteiger charge is 2.10. The van der Waals surface area contributed by atoms with Crippen LogP contribution in [0.3, 0.4) is 0 Å². The van der Waals surface area contributed by atoms with Crippen molar-refractivity contribution in [2.24, 2.45) is 0 Å². The maximum atomic E-state index is 13.5. The molecule has 5 nitrogen and oxygen atoms in total. The predicted molar refractivity (Wildman–Crippen MR) is 57.2 cm³/mol. The van der Waals surface area contributed by atoms with Crippen molar-refractivity contribution in [3.63, 3.8) is 0 Å². The average molecular weight is 234 g/mol. The van der Waals surface area contributed by atoms with Gasteiger partial charge in [0.1, 0.15) is 5.82 Å². The molecule has 86 valence electrons. The van der Waals surface area contributed by atoms with E-state index in [0.29, 0.717) is 5.56 Å². The summed E-state index contributed by atoms with van der Waals surface area (Å²) in [5.41, 5.74) is -0.199. The van der Waals surface area contributed by atoms with Crippen molar-refractivity contribution >= 4 is 5.97 Å². The second-order valence-corrected chi connectivity index (χ2v) is 3.31. The van der Waals surface area contributed by atoms with Crippen LogP contribution in [-0.4, -0.2) is 21.0 Å². The topological polar surface area (TPSA) is 83.0 Å². The van der Waals surface area contributed by atoms with Gasteiger partial charge < -0.3 is 10.1 Å². The number of rotatable bonds is 2.